The van der Waals surface area contributed by atoms with Crippen molar-refractivity contribution in [2.24, 2.45) is 0 Å². The molecule has 3 heterocycles. The topological polar surface area (TPSA) is 42.3 Å². The van der Waals surface area contributed by atoms with Crippen molar-refractivity contribution in [1.82, 2.24) is 14.9 Å². The highest BCUT2D eigenvalue weighted by atomic mass is 32.1. The fraction of sp³-hybridized carbons (Fsp3) is 0.120. The second-order valence-corrected chi connectivity index (χ2v) is 7.69. The molecule has 1 fully saturated rings. The lowest BCUT2D eigenvalue weighted by atomic mass is 10.0. The van der Waals surface area contributed by atoms with E-state index >= 15 is 0 Å². The minimum atomic E-state index is -0.0998. The molecule has 154 valence electrons. The molecule has 1 N–H and O–H groups in total. The van der Waals surface area contributed by atoms with Gasteiger partial charge in [0.2, 0.25) is 0 Å². The molecule has 1 saturated heterocycles. The van der Waals surface area contributed by atoms with E-state index in [1.54, 1.807) is 7.11 Å². The monoisotopic (exact) mass is 426 g/mol. The second-order valence-electron chi connectivity index (χ2n) is 7.31. The van der Waals surface area contributed by atoms with Crippen LogP contribution in [-0.2, 0) is 0 Å². The van der Waals surface area contributed by atoms with E-state index in [0.29, 0.717) is 5.11 Å². The summed E-state index contributed by atoms with van der Waals surface area (Å²) in [5.41, 5.74) is 4.06. The van der Waals surface area contributed by atoms with Gasteiger partial charge in [-0.2, -0.15) is 0 Å². The first-order valence-corrected chi connectivity index (χ1v) is 10.5. The standard InChI is InChI=1S/C25H22N4OS/c1-30-22-15-6-5-13-20(22)28-17-9-14-21(28)24-23(19-12-7-8-16-26-19)27-25(31)29(24)18-10-3-2-4-11-18/h2-17,23-24H,1H3,(H,27,31)/t23-,24-/m0/s1. The SMILES string of the molecule is COc1ccccc1-n1cccc1[C@H]1[C@H](c2ccccn2)NC(=S)N1c1ccccc1. The number of ether oxygens (including phenoxy) is 1. The first-order valence-electron chi connectivity index (χ1n) is 10.1. The third kappa shape index (κ3) is 3.45. The summed E-state index contributed by atoms with van der Waals surface area (Å²) >= 11 is 5.81. The quantitative estimate of drug-likeness (QED) is 0.452. The van der Waals surface area contributed by atoms with Crippen LogP contribution < -0.4 is 15.0 Å². The van der Waals surface area contributed by atoms with Crippen molar-refractivity contribution >= 4 is 23.0 Å². The van der Waals surface area contributed by atoms with E-state index in [1.807, 2.05) is 60.8 Å². The lowest BCUT2D eigenvalue weighted by Crippen LogP contribution is -2.30. The van der Waals surface area contributed by atoms with E-state index in [0.717, 1.165) is 28.5 Å². The van der Waals surface area contributed by atoms with Crippen LogP contribution in [0.4, 0.5) is 5.69 Å². The van der Waals surface area contributed by atoms with E-state index in [4.69, 9.17) is 17.0 Å². The molecule has 0 bridgehead atoms. The number of aromatic nitrogens is 2. The molecule has 1 aliphatic rings. The van der Waals surface area contributed by atoms with Gasteiger partial charge in [-0.25, -0.2) is 0 Å². The number of benzene rings is 2. The molecule has 0 aliphatic carbocycles. The van der Waals surface area contributed by atoms with Crippen LogP contribution in [0.1, 0.15) is 23.5 Å². The average Bonchev–Trinajstić information content (AvgIpc) is 3.44. The smallest absolute Gasteiger partial charge is 0.174 e. The molecule has 0 spiro atoms. The molecule has 4 aromatic rings. The van der Waals surface area contributed by atoms with Gasteiger partial charge in [0.1, 0.15) is 11.8 Å². The molecule has 0 saturated carbocycles. The van der Waals surface area contributed by atoms with Crippen molar-refractivity contribution in [3.8, 4) is 11.4 Å². The number of hydrogen-bond acceptors (Lipinski definition) is 3. The fourth-order valence-electron chi connectivity index (χ4n) is 4.21. The summed E-state index contributed by atoms with van der Waals surface area (Å²) in [6.07, 6.45) is 3.88. The number of anilines is 1. The number of pyridine rings is 1. The van der Waals surface area contributed by atoms with Gasteiger partial charge in [0.25, 0.3) is 0 Å². The van der Waals surface area contributed by atoms with Gasteiger partial charge < -0.3 is 19.5 Å². The molecule has 0 radical (unpaired) electrons. The van der Waals surface area contributed by atoms with Gasteiger partial charge in [0.15, 0.2) is 5.11 Å². The van der Waals surface area contributed by atoms with Crippen LogP contribution in [0, 0.1) is 0 Å². The van der Waals surface area contributed by atoms with Gasteiger partial charge in [-0.3, -0.25) is 4.98 Å². The summed E-state index contributed by atoms with van der Waals surface area (Å²) in [5, 5.41) is 4.19. The van der Waals surface area contributed by atoms with Crippen LogP contribution in [0.3, 0.4) is 0 Å². The first kappa shape index (κ1) is 19.3. The number of nitrogens with zero attached hydrogens (tertiary/aromatic N) is 3. The van der Waals surface area contributed by atoms with Crippen LogP contribution in [0.2, 0.25) is 0 Å². The minimum absolute atomic E-state index is 0.0929. The predicted octanol–water partition coefficient (Wildman–Crippen LogP) is 5.06. The average molecular weight is 427 g/mol. The van der Waals surface area contributed by atoms with Crippen molar-refractivity contribution in [3.05, 3.63) is 109 Å². The maximum absolute atomic E-state index is 5.81. The molecule has 5 nitrogen and oxygen atoms in total. The lowest BCUT2D eigenvalue weighted by molar-refractivity contribution is 0.412. The Balaban J connectivity index is 1.68. The van der Waals surface area contributed by atoms with Gasteiger partial charge in [-0.15, -0.1) is 0 Å². The van der Waals surface area contributed by atoms with Gasteiger partial charge >= 0.3 is 0 Å². The maximum Gasteiger partial charge on any atom is 0.174 e. The Morgan fingerprint density at radius 2 is 1.68 bits per heavy atom. The van der Waals surface area contributed by atoms with E-state index in [-0.39, 0.29) is 12.1 Å². The largest absolute Gasteiger partial charge is 0.495 e. The summed E-state index contributed by atoms with van der Waals surface area (Å²) in [7, 11) is 1.70. The summed E-state index contributed by atoms with van der Waals surface area (Å²) in [6.45, 7) is 0. The van der Waals surface area contributed by atoms with Gasteiger partial charge in [0, 0.05) is 23.8 Å². The molecule has 2 aromatic carbocycles. The van der Waals surface area contributed by atoms with Crippen LogP contribution in [-0.4, -0.2) is 21.8 Å². The lowest BCUT2D eigenvalue weighted by Gasteiger charge is -2.29. The van der Waals surface area contributed by atoms with Crippen molar-refractivity contribution in [3.63, 3.8) is 0 Å². The van der Waals surface area contributed by atoms with Gasteiger partial charge in [0.05, 0.1) is 24.5 Å². The predicted molar refractivity (Wildman–Crippen MR) is 127 cm³/mol. The van der Waals surface area contributed by atoms with Crippen molar-refractivity contribution < 1.29 is 4.74 Å². The number of thiocarbonyl (C=S) groups is 1. The van der Waals surface area contributed by atoms with E-state index in [9.17, 15) is 0 Å². The third-order valence-corrected chi connectivity index (χ3v) is 5.88. The molecule has 5 rings (SSSR count). The highest BCUT2D eigenvalue weighted by molar-refractivity contribution is 7.80. The van der Waals surface area contributed by atoms with E-state index in [1.165, 1.54) is 0 Å². The Morgan fingerprint density at radius 3 is 2.45 bits per heavy atom. The Kier molecular flexibility index (Phi) is 5.14. The number of nitrogens with one attached hydrogen (secondary N) is 1. The van der Waals surface area contributed by atoms with Crippen LogP contribution >= 0.6 is 12.2 Å². The summed E-state index contributed by atoms with van der Waals surface area (Å²) in [6, 6.07) is 28.2. The normalized spacial score (nSPS) is 18.1. The summed E-state index contributed by atoms with van der Waals surface area (Å²) in [4.78, 5) is 6.81. The molecule has 0 unspecified atom stereocenters. The molecule has 0 amide bonds. The van der Waals surface area contributed by atoms with Crippen LogP contribution in [0.15, 0.2) is 97.3 Å². The Labute approximate surface area is 186 Å². The number of para-hydroxylation sites is 3. The molecule has 2 aromatic heterocycles. The van der Waals surface area contributed by atoms with Gasteiger partial charge in [-0.1, -0.05) is 36.4 Å². The molecule has 31 heavy (non-hydrogen) atoms. The zero-order valence-electron chi connectivity index (χ0n) is 17.1. The molecular weight excluding hydrogens is 404 g/mol. The van der Waals surface area contributed by atoms with Crippen molar-refractivity contribution in [2.45, 2.75) is 12.1 Å². The number of rotatable bonds is 5. The van der Waals surface area contributed by atoms with Crippen LogP contribution in [0.5, 0.6) is 5.75 Å². The van der Waals surface area contributed by atoms with E-state index in [2.05, 4.69) is 56.3 Å². The Hall–Kier alpha value is -3.64. The Morgan fingerprint density at radius 1 is 0.903 bits per heavy atom. The molecular formula is C25H22N4OS. The van der Waals surface area contributed by atoms with Crippen molar-refractivity contribution in [1.29, 1.82) is 0 Å². The van der Waals surface area contributed by atoms with Gasteiger partial charge in [-0.05, 0) is 60.7 Å². The first-order chi connectivity index (χ1) is 15.3. The molecule has 1 aliphatic heterocycles. The zero-order valence-corrected chi connectivity index (χ0v) is 17.9. The van der Waals surface area contributed by atoms with Crippen molar-refractivity contribution in [2.75, 3.05) is 12.0 Å². The fourth-order valence-corrected chi connectivity index (χ4v) is 4.55. The highest BCUT2D eigenvalue weighted by Gasteiger charge is 2.42. The minimum Gasteiger partial charge on any atom is -0.495 e. The number of methoxy groups -OCH3 is 1. The summed E-state index contributed by atoms with van der Waals surface area (Å²) in [5.74, 6) is 0.814. The third-order valence-electron chi connectivity index (χ3n) is 5.56. The highest BCUT2D eigenvalue weighted by Crippen LogP contribution is 2.42. The number of hydrogen-bond donors (Lipinski definition) is 1. The van der Waals surface area contributed by atoms with Crippen LogP contribution in [0.25, 0.3) is 5.69 Å². The second kappa shape index (κ2) is 8.24. The van der Waals surface area contributed by atoms with E-state index < -0.39 is 0 Å². The zero-order chi connectivity index (χ0) is 21.2. The molecule has 2 atom stereocenters. The maximum atomic E-state index is 5.81. The Bertz CT molecular complexity index is 1190. The molecule has 6 heteroatoms. The summed E-state index contributed by atoms with van der Waals surface area (Å²) < 4.78 is 7.81.